The van der Waals surface area contributed by atoms with Crippen LogP contribution in [-0.4, -0.2) is 64.9 Å². The van der Waals surface area contributed by atoms with Crippen molar-refractivity contribution in [3.05, 3.63) is 47.3 Å². The number of nitrogens with zero attached hydrogens (tertiary/aromatic N) is 4. The molecule has 2 atom stereocenters. The molecule has 1 aromatic heterocycles. The number of carbonyl (C=O) groups excluding carboxylic acids is 1. The normalized spacial score (nSPS) is 21.3. The molecule has 1 unspecified atom stereocenters. The zero-order valence-corrected chi connectivity index (χ0v) is 22.3. The van der Waals surface area contributed by atoms with Crippen LogP contribution in [0.4, 0.5) is 24.8 Å². The summed E-state index contributed by atoms with van der Waals surface area (Å²) in [5.74, 6) is 0.416. The maximum atomic E-state index is 13.6. The Morgan fingerprint density at radius 2 is 1.82 bits per heavy atom. The monoisotopic (exact) mass is 532 g/mol. The van der Waals surface area contributed by atoms with Gasteiger partial charge in [-0.1, -0.05) is 12.8 Å². The first-order chi connectivity index (χ1) is 18.1. The van der Waals surface area contributed by atoms with Crippen molar-refractivity contribution in [3.8, 4) is 0 Å². The summed E-state index contributed by atoms with van der Waals surface area (Å²) in [5, 5.41) is 2.99. The number of benzene rings is 1. The standard InChI is InChI=1S/C28H39F3N6O/c1-36-16-14-22(15-17-36)37(2)26(38)20-10-12-21(13-11-20)34-27-33-18-23(28(29,30)31)25(35-27)9-5-7-19-6-3-4-8-24(19)32/h10-13,18-19,22,24H,3-9,14-17,32H2,1-2H3,(H,33,34,35)/t19?,24-/m0/s1. The lowest BCUT2D eigenvalue weighted by molar-refractivity contribution is -0.138. The number of alkyl halides is 3. The average Bonchev–Trinajstić information content (AvgIpc) is 2.89. The lowest BCUT2D eigenvalue weighted by Crippen LogP contribution is -2.44. The molecular weight excluding hydrogens is 493 g/mol. The molecule has 1 aliphatic heterocycles. The van der Waals surface area contributed by atoms with Crippen molar-refractivity contribution >= 4 is 17.5 Å². The second kappa shape index (κ2) is 12.4. The Hall–Kier alpha value is -2.72. The van der Waals surface area contributed by atoms with Crippen LogP contribution >= 0.6 is 0 Å². The number of hydrogen-bond donors (Lipinski definition) is 2. The van der Waals surface area contributed by atoms with Gasteiger partial charge in [-0.2, -0.15) is 13.2 Å². The van der Waals surface area contributed by atoms with Gasteiger partial charge in [0.05, 0.1) is 11.3 Å². The molecule has 10 heteroatoms. The predicted octanol–water partition coefficient (Wildman–Crippen LogP) is 5.25. The van der Waals surface area contributed by atoms with Crippen molar-refractivity contribution in [1.82, 2.24) is 19.8 Å². The van der Waals surface area contributed by atoms with Crippen LogP contribution < -0.4 is 11.1 Å². The highest BCUT2D eigenvalue weighted by Crippen LogP contribution is 2.33. The molecule has 1 aliphatic carbocycles. The fraction of sp³-hybridized carbons (Fsp3) is 0.607. The van der Waals surface area contributed by atoms with Gasteiger partial charge in [0.1, 0.15) is 0 Å². The highest BCUT2D eigenvalue weighted by molar-refractivity contribution is 5.94. The molecule has 1 saturated carbocycles. The number of nitrogens with two attached hydrogens (primary N) is 1. The summed E-state index contributed by atoms with van der Waals surface area (Å²) in [6.45, 7) is 1.93. The number of hydrogen-bond acceptors (Lipinski definition) is 6. The van der Waals surface area contributed by atoms with E-state index in [0.29, 0.717) is 23.6 Å². The molecule has 1 aromatic carbocycles. The van der Waals surface area contributed by atoms with Crippen molar-refractivity contribution in [3.63, 3.8) is 0 Å². The molecular formula is C28H39F3N6O. The second-order valence-corrected chi connectivity index (χ2v) is 10.8. The quantitative estimate of drug-likeness (QED) is 0.483. The molecule has 0 bridgehead atoms. The first-order valence-electron chi connectivity index (χ1n) is 13.6. The number of anilines is 2. The molecule has 3 N–H and O–H groups in total. The van der Waals surface area contributed by atoms with Gasteiger partial charge < -0.3 is 20.9 Å². The molecule has 1 amide bonds. The summed E-state index contributed by atoms with van der Waals surface area (Å²) in [4.78, 5) is 25.2. The van der Waals surface area contributed by atoms with Crippen LogP contribution in [0.3, 0.4) is 0 Å². The zero-order chi connectivity index (χ0) is 27.3. The smallest absolute Gasteiger partial charge is 0.339 e. The van der Waals surface area contributed by atoms with Gasteiger partial charge in [0, 0.05) is 36.6 Å². The van der Waals surface area contributed by atoms with Gasteiger partial charge in [-0.3, -0.25) is 4.79 Å². The number of aryl methyl sites for hydroxylation is 1. The van der Waals surface area contributed by atoms with E-state index in [1.807, 2.05) is 7.05 Å². The molecule has 208 valence electrons. The van der Waals surface area contributed by atoms with Crippen molar-refractivity contribution in [2.75, 3.05) is 32.5 Å². The fourth-order valence-electron chi connectivity index (χ4n) is 5.61. The number of nitrogens with one attached hydrogen (secondary N) is 1. The maximum Gasteiger partial charge on any atom is 0.419 e. The largest absolute Gasteiger partial charge is 0.419 e. The highest BCUT2D eigenvalue weighted by atomic mass is 19.4. The van der Waals surface area contributed by atoms with Gasteiger partial charge in [0.25, 0.3) is 5.91 Å². The average molecular weight is 533 g/mol. The minimum atomic E-state index is -4.52. The lowest BCUT2D eigenvalue weighted by atomic mass is 9.82. The van der Waals surface area contributed by atoms with Gasteiger partial charge in [-0.25, -0.2) is 9.97 Å². The van der Waals surface area contributed by atoms with Crippen LogP contribution in [0.25, 0.3) is 0 Å². The Bertz CT molecular complexity index is 1070. The Balaban J connectivity index is 1.40. The second-order valence-electron chi connectivity index (χ2n) is 10.8. The van der Waals surface area contributed by atoms with E-state index in [9.17, 15) is 18.0 Å². The Kier molecular flexibility index (Phi) is 9.25. The van der Waals surface area contributed by atoms with Crippen molar-refractivity contribution in [1.29, 1.82) is 0 Å². The number of likely N-dealkylation sites (tertiary alicyclic amines) is 1. The summed E-state index contributed by atoms with van der Waals surface area (Å²) < 4.78 is 40.9. The van der Waals surface area contributed by atoms with Gasteiger partial charge in [-0.15, -0.1) is 0 Å². The molecule has 38 heavy (non-hydrogen) atoms. The topological polar surface area (TPSA) is 87.4 Å². The molecule has 4 rings (SSSR count). The van der Waals surface area contributed by atoms with Crippen LogP contribution in [0, 0.1) is 5.92 Å². The highest BCUT2D eigenvalue weighted by Gasteiger charge is 2.35. The van der Waals surface area contributed by atoms with Crippen LogP contribution in [0.5, 0.6) is 0 Å². The van der Waals surface area contributed by atoms with Crippen LogP contribution in [-0.2, 0) is 12.6 Å². The van der Waals surface area contributed by atoms with E-state index < -0.39 is 11.7 Å². The van der Waals surface area contributed by atoms with E-state index in [4.69, 9.17) is 5.73 Å². The molecule has 7 nitrogen and oxygen atoms in total. The van der Waals surface area contributed by atoms with E-state index in [0.717, 1.165) is 64.2 Å². The number of amides is 1. The first kappa shape index (κ1) is 28.3. The Morgan fingerprint density at radius 3 is 2.47 bits per heavy atom. The Morgan fingerprint density at radius 1 is 1.13 bits per heavy atom. The van der Waals surface area contributed by atoms with E-state index in [1.165, 1.54) is 0 Å². The number of rotatable bonds is 8. The van der Waals surface area contributed by atoms with Gasteiger partial charge in [-0.05, 0) is 95.3 Å². The van der Waals surface area contributed by atoms with Crippen LogP contribution in [0.15, 0.2) is 30.5 Å². The lowest BCUT2D eigenvalue weighted by Gasteiger charge is -2.35. The summed E-state index contributed by atoms with van der Waals surface area (Å²) in [5.41, 5.74) is 6.57. The summed E-state index contributed by atoms with van der Waals surface area (Å²) in [7, 11) is 3.92. The van der Waals surface area contributed by atoms with Crippen LogP contribution in [0.2, 0.25) is 0 Å². The van der Waals surface area contributed by atoms with Gasteiger partial charge in [0.15, 0.2) is 0 Å². The first-order valence-corrected chi connectivity index (χ1v) is 13.6. The zero-order valence-electron chi connectivity index (χ0n) is 22.3. The molecule has 2 heterocycles. The van der Waals surface area contributed by atoms with Gasteiger partial charge in [0.2, 0.25) is 5.95 Å². The summed E-state index contributed by atoms with van der Waals surface area (Å²) in [6, 6.07) is 7.22. The molecule has 1 saturated heterocycles. The van der Waals surface area contributed by atoms with Crippen LogP contribution in [0.1, 0.15) is 73.0 Å². The van der Waals surface area contributed by atoms with E-state index >= 15 is 0 Å². The van der Waals surface area contributed by atoms with E-state index in [2.05, 4.69) is 27.2 Å². The third-order valence-corrected chi connectivity index (χ3v) is 8.07. The molecule has 0 spiro atoms. The Labute approximate surface area is 223 Å². The van der Waals surface area contributed by atoms with Gasteiger partial charge >= 0.3 is 6.18 Å². The van der Waals surface area contributed by atoms with Crippen molar-refractivity contribution in [2.24, 2.45) is 11.7 Å². The number of halogens is 3. The molecule has 2 aromatic rings. The third-order valence-electron chi connectivity index (χ3n) is 8.07. The number of piperidine rings is 1. The SMILES string of the molecule is CN1CCC(N(C)C(=O)c2ccc(Nc3ncc(C(F)(F)F)c(CCCC4CCCC[C@@H]4N)n3)cc2)CC1. The number of aromatic nitrogens is 2. The summed E-state index contributed by atoms with van der Waals surface area (Å²) in [6.07, 6.45) is 4.11. The minimum absolute atomic E-state index is 0.00840. The summed E-state index contributed by atoms with van der Waals surface area (Å²) >= 11 is 0. The minimum Gasteiger partial charge on any atom is -0.339 e. The molecule has 0 radical (unpaired) electrons. The van der Waals surface area contributed by atoms with Crippen molar-refractivity contribution < 1.29 is 18.0 Å². The maximum absolute atomic E-state index is 13.6. The predicted molar refractivity (Wildman–Crippen MR) is 142 cm³/mol. The van der Waals surface area contributed by atoms with E-state index in [1.54, 1.807) is 29.2 Å². The number of carbonyl (C=O) groups is 1. The molecule has 2 aliphatic rings. The van der Waals surface area contributed by atoms with Crippen molar-refractivity contribution in [2.45, 2.75) is 76.0 Å². The molecule has 2 fully saturated rings. The fourth-order valence-corrected chi connectivity index (χ4v) is 5.61. The third kappa shape index (κ3) is 7.22. The van der Waals surface area contributed by atoms with E-state index in [-0.39, 0.29) is 36.1 Å².